The summed E-state index contributed by atoms with van der Waals surface area (Å²) in [6, 6.07) is 9.97. The van der Waals surface area contributed by atoms with E-state index in [0.29, 0.717) is 16.8 Å². The maximum absolute atomic E-state index is 13.9. The molecule has 0 radical (unpaired) electrons. The van der Waals surface area contributed by atoms with Crippen molar-refractivity contribution in [3.63, 3.8) is 0 Å². The van der Waals surface area contributed by atoms with Crippen molar-refractivity contribution < 1.29 is 31.6 Å². The summed E-state index contributed by atoms with van der Waals surface area (Å²) in [5, 5.41) is 13.1. The molecule has 0 saturated carbocycles. The smallest absolute Gasteiger partial charge is 0.433 e. The first kappa shape index (κ1) is 25.6. The highest BCUT2D eigenvalue weighted by Crippen LogP contribution is 2.32. The number of benzene rings is 1. The molecule has 5 rings (SSSR count). The van der Waals surface area contributed by atoms with Crippen molar-refractivity contribution in [2.45, 2.75) is 26.2 Å². The number of furan rings is 1. The molecule has 14 heteroatoms. The third-order valence-corrected chi connectivity index (χ3v) is 5.64. The minimum absolute atomic E-state index is 0.0341. The largest absolute Gasteiger partial charge is 0.467 e. The van der Waals surface area contributed by atoms with Crippen LogP contribution in [0.2, 0.25) is 0 Å². The molecule has 0 spiro atoms. The number of fused-ring (bicyclic) bond motifs is 1. The molecule has 0 aliphatic rings. The number of carbonyl (C=O) groups excluding carboxylic acids is 2. The molecule has 2 N–H and O–H groups in total. The van der Waals surface area contributed by atoms with Crippen LogP contribution >= 0.6 is 0 Å². The van der Waals surface area contributed by atoms with Crippen LogP contribution in [-0.4, -0.2) is 36.2 Å². The van der Waals surface area contributed by atoms with Crippen molar-refractivity contribution in [3.8, 4) is 11.3 Å². The fourth-order valence-corrected chi connectivity index (χ4v) is 3.75. The highest BCUT2D eigenvalue weighted by atomic mass is 19.4. The third kappa shape index (κ3) is 5.35. The fourth-order valence-electron chi connectivity index (χ4n) is 3.75. The maximum atomic E-state index is 13.9. The molecule has 5 aromatic rings. The van der Waals surface area contributed by atoms with E-state index in [9.17, 15) is 27.2 Å². The number of alkyl halides is 3. The first-order valence-electron chi connectivity index (χ1n) is 11.6. The average molecular weight is 541 g/mol. The van der Waals surface area contributed by atoms with Gasteiger partial charge in [-0.05, 0) is 49.4 Å². The van der Waals surface area contributed by atoms with E-state index in [0.717, 1.165) is 24.3 Å². The zero-order valence-corrected chi connectivity index (χ0v) is 20.2. The maximum Gasteiger partial charge on any atom is 0.433 e. The Bertz CT molecular complexity index is 1660. The van der Waals surface area contributed by atoms with Gasteiger partial charge in [-0.1, -0.05) is 0 Å². The Morgan fingerprint density at radius 2 is 1.82 bits per heavy atom. The number of aromatic nitrogens is 5. The van der Waals surface area contributed by atoms with E-state index in [4.69, 9.17) is 4.42 Å². The Hall–Kier alpha value is -5.01. The molecule has 0 fully saturated rings. The summed E-state index contributed by atoms with van der Waals surface area (Å²) in [6.07, 6.45) is -1.96. The second-order valence-electron chi connectivity index (χ2n) is 8.29. The molecule has 1 aromatic carbocycles. The van der Waals surface area contributed by atoms with Crippen LogP contribution < -0.4 is 10.6 Å². The highest BCUT2D eigenvalue weighted by Gasteiger charge is 2.36. The normalized spacial score (nSPS) is 11.6. The van der Waals surface area contributed by atoms with Gasteiger partial charge in [-0.25, -0.2) is 13.9 Å². The van der Waals surface area contributed by atoms with E-state index >= 15 is 0 Å². The van der Waals surface area contributed by atoms with Gasteiger partial charge in [-0.15, -0.1) is 0 Å². The lowest BCUT2D eigenvalue weighted by Gasteiger charge is -2.11. The van der Waals surface area contributed by atoms with Crippen LogP contribution in [0.3, 0.4) is 0 Å². The quantitative estimate of drug-likeness (QED) is 0.292. The van der Waals surface area contributed by atoms with E-state index in [1.54, 1.807) is 19.1 Å². The Balaban J connectivity index is 1.46. The second kappa shape index (κ2) is 10.0. The number of hydrogen-bond donors (Lipinski definition) is 2. The van der Waals surface area contributed by atoms with E-state index in [1.807, 2.05) is 0 Å². The van der Waals surface area contributed by atoms with Gasteiger partial charge in [0.1, 0.15) is 11.6 Å². The lowest BCUT2D eigenvalue weighted by atomic mass is 10.1. The average Bonchev–Trinajstić information content (AvgIpc) is 3.66. The highest BCUT2D eigenvalue weighted by molar-refractivity contribution is 6.07. The number of aryl methyl sites for hydroxylation is 1. The molecule has 0 aliphatic heterocycles. The molecular formula is C25H19F4N7O3. The van der Waals surface area contributed by atoms with Gasteiger partial charge in [-0.2, -0.15) is 23.4 Å². The van der Waals surface area contributed by atoms with E-state index in [1.165, 1.54) is 29.3 Å². The number of anilines is 1. The standard InChI is InChI=1S/C25H19F4N7O3/c1-2-35-13-19(22(34-35)24(38)30-12-16-4-3-9-39-16)32-23(37)18-11-21-31-17(14-5-7-15(26)8-6-14)10-20(25(27,28)29)36(21)33-18/h3-11,13H,2,12H2,1H3,(H,30,38)(H,32,37). The Kier molecular flexibility index (Phi) is 6.60. The van der Waals surface area contributed by atoms with Crippen molar-refractivity contribution in [3.05, 3.63) is 89.7 Å². The lowest BCUT2D eigenvalue weighted by molar-refractivity contribution is -0.142. The van der Waals surface area contributed by atoms with E-state index in [-0.39, 0.29) is 40.5 Å². The van der Waals surface area contributed by atoms with Crippen LogP contribution in [0, 0.1) is 5.82 Å². The van der Waals surface area contributed by atoms with Crippen molar-refractivity contribution in [1.29, 1.82) is 0 Å². The monoisotopic (exact) mass is 541 g/mol. The number of halogens is 4. The topological polar surface area (TPSA) is 119 Å². The van der Waals surface area contributed by atoms with Crippen LogP contribution in [0.15, 0.2) is 65.4 Å². The first-order valence-corrected chi connectivity index (χ1v) is 11.6. The zero-order chi connectivity index (χ0) is 27.7. The molecular weight excluding hydrogens is 522 g/mol. The SMILES string of the molecule is CCn1cc(NC(=O)c2cc3nc(-c4ccc(F)cc4)cc(C(F)(F)F)n3n2)c(C(=O)NCc2ccco2)n1. The fraction of sp³-hybridized carbons (Fsp3) is 0.160. The predicted molar refractivity (Wildman–Crippen MR) is 129 cm³/mol. The van der Waals surface area contributed by atoms with Crippen LogP contribution in [0.25, 0.3) is 16.9 Å². The summed E-state index contributed by atoms with van der Waals surface area (Å²) >= 11 is 0. The van der Waals surface area contributed by atoms with Gasteiger partial charge in [0.05, 0.1) is 24.2 Å². The van der Waals surface area contributed by atoms with Gasteiger partial charge in [0.15, 0.2) is 22.7 Å². The lowest BCUT2D eigenvalue weighted by Crippen LogP contribution is -2.25. The summed E-state index contributed by atoms with van der Waals surface area (Å²) in [5.74, 6) is -1.54. The Morgan fingerprint density at radius 1 is 1.05 bits per heavy atom. The molecule has 0 bridgehead atoms. The first-order chi connectivity index (χ1) is 18.6. The zero-order valence-electron chi connectivity index (χ0n) is 20.2. The molecule has 10 nitrogen and oxygen atoms in total. The number of nitrogens with zero attached hydrogens (tertiary/aromatic N) is 5. The minimum Gasteiger partial charge on any atom is -0.467 e. The third-order valence-electron chi connectivity index (χ3n) is 5.64. The molecule has 0 atom stereocenters. The summed E-state index contributed by atoms with van der Waals surface area (Å²) in [5.41, 5.74) is -1.72. The summed E-state index contributed by atoms with van der Waals surface area (Å²) in [7, 11) is 0. The Morgan fingerprint density at radius 3 is 2.49 bits per heavy atom. The number of nitrogens with one attached hydrogen (secondary N) is 2. The van der Waals surface area contributed by atoms with Gasteiger partial charge in [0, 0.05) is 24.4 Å². The summed E-state index contributed by atoms with van der Waals surface area (Å²) in [6.45, 7) is 2.23. The predicted octanol–water partition coefficient (Wildman–Crippen LogP) is 4.55. The van der Waals surface area contributed by atoms with Gasteiger partial charge in [0.2, 0.25) is 0 Å². The molecule has 0 saturated heterocycles. The number of rotatable bonds is 7. The van der Waals surface area contributed by atoms with Crippen LogP contribution in [0.4, 0.5) is 23.2 Å². The van der Waals surface area contributed by atoms with Gasteiger partial charge in [-0.3, -0.25) is 14.3 Å². The van der Waals surface area contributed by atoms with Crippen molar-refractivity contribution in [1.82, 2.24) is 29.7 Å². The van der Waals surface area contributed by atoms with Crippen LogP contribution in [-0.2, 0) is 19.3 Å². The number of amides is 2. The number of hydrogen-bond acceptors (Lipinski definition) is 6. The van der Waals surface area contributed by atoms with Crippen LogP contribution in [0.5, 0.6) is 0 Å². The van der Waals surface area contributed by atoms with Crippen LogP contribution in [0.1, 0.15) is 39.4 Å². The molecule has 4 aromatic heterocycles. The Labute approximate surface area is 217 Å². The van der Waals surface area contributed by atoms with Crippen molar-refractivity contribution in [2.75, 3.05) is 5.32 Å². The molecule has 2 amide bonds. The molecule has 39 heavy (non-hydrogen) atoms. The van der Waals surface area contributed by atoms with E-state index in [2.05, 4.69) is 25.8 Å². The molecule has 0 unspecified atom stereocenters. The van der Waals surface area contributed by atoms with Gasteiger partial charge < -0.3 is 15.1 Å². The minimum atomic E-state index is -4.84. The second-order valence-corrected chi connectivity index (χ2v) is 8.29. The molecule has 200 valence electrons. The van der Waals surface area contributed by atoms with Crippen molar-refractivity contribution >= 4 is 23.1 Å². The molecule has 4 heterocycles. The van der Waals surface area contributed by atoms with Gasteiger partial charge in [0.25, 0.3) is 11.8 Å². The number of carbonyl (C=O) groups is 2. The van der Waals surface area contributed by atoms with Crippen molar-refractivity contribution in [2.24, 2.45) is 0 Å². The molecule has 0 aliphatic carbocycles. The van der Waals surface area contributed by atoms with Gasteiger partial charge >= 0.3 is 6.18 Å². The summed E-state index contributed by atoms with van der Waals surface area (Å²) in [4.78, 5) is 30.0. The summed E-state index contributed by atoms with van der Waals surface area (Å²) < 4.78 is 62.1. The van der Waals surface area contributed by atoms with E-state index < -0.39 is 29.5 Å².